The lowest BCUT2D eigenvalue weighted by Crippen LogP contribution is -2.40. The van der Waals surface area contributed by atoms with Crippen molar-refractivity contribution < 1.29 is 19.1 Å². The van der Waals surface area contributed by atoms with Crippen molar-refractivity contribution in [2.75, 3.05) is 0 Å². The number of carbonyl (C=O) groups is 2. The van der Waals surface area contributed by atoms with Crippen LogP contribution >= 0.6 is 0 Å². The molecule has 0 saturated heterocycles. The van der Waals surface area contributed by atoms with Crippen molar-refractivity contribution in [3.8, 4) is 11.8 Å². The molecule has 2 atom stereocenters. The molecule has 0 aliphatic heterocycles. The first-order valence-corrected chi connectivity index (χ1v) is 14.5. The van der Waals surface area contributed by atoms with Crippen LogP contribution in [0.2, 0.25) is 0 Å². The number of hydrogen-bond acceptors (Lipinski definition) is 6. The molecule has 0 aliphatic carbocycles. The van der Waals surface area contributed by atoms with Crippen LogP contribution in [0.15, 0.2) is 49.1 Å². The molecule has 0 fully saturated rings. The van der Waals surface area contributed by atoms with Crippen LogP contribution in [0.3, 0.4) is 0 Å². The van der Waals surface area contributed by atoms with Crippen LogP contribution < -0.4 is 10.6 Å². The molecule has 0 saturated carbocycles. The van der Waals surface area contributed by atoms with Gasteiger partial charge in [0.15, 0.2) is 0 Å². The SMILES string of the molecule is C=C[C@H](NC(=O)OC(C)(C)C)c1nc2ccc(C#Cc3ccc4nc([C@@H](NC(=O)OC(C)(C)C)C(C)(C)C)[nH]c4c3)cc2[nH]1. The van der Waals surface area contributed by atoms with Gasteiger partial charge in [-0.3, -0.25) is 0 Å². The van der Waals surface area contributed by atoms with E-state index in [1.54, 1.807) is 26.8 Å². The molecule has 44 heavy (non-hydrogen) atoms. The lowest BCUT2D eigenvalue weighted by molar-refractivity contribution is 0.0456. The predicted molar refractivity (Wildman–Crippen MR) is 172 cm³/mol. The van der Waals surface area contributed by atoms with E-state index >= 15 is 0 Å². The Kier molecular flexibility index (Phi) is 8.82. The number of hydrogen-bond donors (Lipinski definition) is 4. The first-order chi connectivity index (χ1) is 20.4. The number of nitrogens with zero attached hydrogens (tertiary/aromatic N) is 2. The normalized spacial score (nSPS) is 13.5. The van der Waals surface area contributed by atoms with Crippen molar-refractivity contribution in [2.24, 2.45) is 5.41 Å². The molecule has 0 spiro atoms. The summed E-state index contributed by atoms with van der Waals surface area (Å²) in [5, 5.41) is 5.75. The number of imidazole rings is 2. The minimum absolute atomic E-state index is 0.323. The van der Waals surface area contributed by atoms with Crippen LogP contribution in [-0.2, 0) is 9.47 Å². The molecule has 4 N–H and O–H groups in total. The molecule has 0 radical (unpaired) electrons. The topological polar surface area (TPSA) is 134 Å². The van der Waals surface area contributed by atoms with Gasteiger partial charge in [-0.2, -0.15) is 0 Å². The molecule has 2 heterocycles. The van der Waals surface area contributed by atoms with Crippen LogP contribution in [0.5, 0.6) is 0 Å². The number of alkyl carbamates (subject to hydrolysis) is 2. The number of aromatic amines is 2. The molecule has 2 aromatic heterocycles. The quantitative estimate of drug-likeness (QED) is 0.142. The van der Waals surface area contributed by atoms with Crippen molar-refractivity contribution in [1.82, 2.24) is 30.6 Å². The summed E-state index contributed by atoms with van der Waals surface area (Å²) < 4.78 is 10.8. The first-order valence-electron chi connectivity index (χ1n) is 14.5. The fraction of sp³-hybridized carbons (Fsp3) is 0.412. The van der Waals surface area contributed by atoms with Crippen LogP contribution in [0.4, 0.5) is 9.59 Å². The van der Waals surface area contributed by atoms with Crippen LogP contribution in [-0.4, -0.2) is 43.3 Å². The molecule has 232 valence electrons. The van der Waals surface area contributed by atoms with Gasteiger partial charge in [-0.1, -0.05) is 38.7 Å². The van der Waals surface area contributed by atoms with Gasteiger partial charge < -0.3 is 30.1 Å². The van der Waals surface area contributed by atoms with Gasteiger partial charge in [-0.05, 0) is 83.4 Å². The Hall–Kier alpha value is -4.78. The maximum Gasteiger partial charge on any atom is 0.408 e. The number of fused-ring (bicyclic) bond motifs is 2. The highest BCUT2D eigenvalue weighted by molar-refractivity contribution is 5.79. The predicted octanol–water partition coefficient (Wildman–Crippen LogP) is 7.20. The third-order valence-corrected chi connectivity index (χ3v) is 6.35. The monoisotopic (exact) mass is 598 g/mol. The van der Waals surface area contributed by atoms with E-state index in [9.17, 15) is 9.59 Å². The van der Waals surface area contributed by atoms with Gasteiger partial charge in [0.1, 0.15) is 28.9 Å². The molecule has 2 aromatic carbocycles. The van der Waals surface area contributed by atoms with E-state index in [0.29, 0.717) is 11.6 Å². The summed E-state index contributed by atoms with van der Waals surface area (Å²) in [6, 6.07) is 10.5. The summed E-state index contributed by atoms with van der Waals surface area (Å²) in [6.07, 6.45) is 0.547. The Balaban J connectivity index is 1.54. The zero-order chi connectivity index (χ0) is 32.4. The molecule has 0 aliphatic rings. The molecule has 4 aromatic rings. The number of aromatic nitrogens is 4. The largest absolute Gasteiger partial charge is 0.444 e. The number of benzene rings is 2. The Bertz CT molecular complexity index is 1750. The number of carbonyl (C=O) groups excluding carboxylic acids is 2. The summed E-state index contributed by atoms with van der Waals surface area (Å²) in [5.41, 5.74) is 3.16. The van der Waals surface area contributed by atoms with E-state index < -0.39 is 35.5 Å². The van der Waals surface area contributed by atoms with Crippen molar-refractivity contribution >= 4 is 34.3 Å². The molecular weight excluding hydrogens is 556 g/mol. The maximum atomic E-state index is 12.6. The minimum atomic E-state index is -0.616. The number of nitrogens with one attached hydrogen (secondary N) is 4. The number of rotatable bonds is 5. The molecule has 10 heteroatoms. The van der Waals surface area contributed by atoms with Gasteiger partial charge >= 0.3 is 12.2 Å². The van der Waals surface area contributed by atoms with Gasteiger partial charge in [-0.15, -0.1) is 6.58 Å². The second kappa shape index (κ2) is 12.1. The van der Waals surface area contributed by atoms with E-state index in [1.165, 1.54) is 0 Å². The Labute approximate surface area is 258 Å². The number of amides is 2. The maximum absolute atomic E-state index is 12.6. The average Bonchev–Trinajstić information content (AvgIpc) is 3.49. The minimum Gasteiger partial charge on any atom is -0.444 e. The number of H-pyrrole nitrogens is 2. The number of ether oxygens (including phenoxy) is 2. The Morgan fingerprint density at radius 2 is 1.23 bits per heavy atom. The zero-order valence-corrected chi connectivity index (χ0v) is 26.9. The van der Waals surface area contributed by atoms with E-state index in [4.69, 9.17) is 14.5 Å². The van der Waals surface area contributed by atoms with Crippen molar-refractivity contribution in [3.63, 3.8) is 0 Å². The second-order valence-corrected chi connectivity index (χ2v) is 13.8. The van der Waals surface area contributed by atoms with Crippen molar-refractivity contribution in [3.05, 3.63) is 71.8 Å². The summed E-state index contributed by atoms with van der Waals surface area (Å²) >= 11 is 0. The van der Waals surface area contributed by atoms with E-state index in [-0.39, 0.29) is 5.41 Å². The highest BCUT2D eigenvalue weighted by Gasteiger charge is 2.32. The van der Waals surface area contributed by atoms with E-state index in [0.717, 1.165) is 33.2 Å². The Morgan fingerprint density at radius 3 is 1.68 bits per heavy atom. The standard InChI is InChI=1S/C34H42N6O4/c1-11-22(39-30(41)43-33(5,6)7)28-35-23-16-14-20(18-25(23)37-28)12-13-21-15-17-24-26(19-21)38-29(36-24)27(32(2,3)4)40-31(42)44-34(8,9)10/h11,14-19,22,27H,1H2,2-10H3,(H,35,37)(H,36,38)(H,39,41)(H,40,42)/t22-,27+/m0/s1. The van der Waals surface area contributed by atoms with Gasteiger partial charge in [0.2, 0.25) is 0 Å². The lowest BCUT2D eigenvalue weighted by Gasteiger charge is -2.31. The van der Waals surface area contributed by atoms with Crippen LogP contribution in [0, 0.1) is 17.3 Å². The third kappa shape index (κ3) is 8.40. The molecule has 10 nitrogen and oxygen atoms in total. The summed E-state index contributed by atoms with van der Waals surface area (Å²) in [4.78, 5) is 40.8. The summed E-state index contributed by atoms with van der Waals surface area (Å²) in [7, 11) is 0. The van der Waals surface area contributed by atoms with Gasteiger partial charge in [0.05, 0.1) is 28.1 Å². The molecular formula is C34H42N6O4. The molecule has 2 amide bonds. The van der Waals surface area contributed by atoms with Crippen LogP contribution in [0.1, 0.15) is 97.2 Å². The zero-order valence-electron chi connectivity index (χ0n) is 26.9. The molecule has 0 bridgehead atoms. The van der Waals surface area contributed by atoms with Crippen molar-refractivity contribution in [1.29, 1.82) is 0 Å². The lowest BCUT2D eigenvalue weighted by atomic mass is 9.86. The smallest absolute Gasteiger partial charge is 0.408 e. The summed E-state index contributed by atoms with van der Waals surface area (Å²) in [5.74, 6) is 7.62. The second-order valence-electron chi connectivity index (χ2n) is 13.8. The average molecular weight is 599 g/mol. The van der Waals surface area contributed by atoms with Crippen molar-refractivity contribution in [2.45, 2.75) is 85.6 Å². The highest BCUT2D eigenvalue weighted by atomic mass is 16.6. The van der Waals surface area contributed by atoms with Gasteiger partial charge in [-0.25, -0.2) is 19.6 Å². The van der Waals surface area contributed by atoms with E-state index in [2.05, 4.69) is 44.0 Å². The molecule has 4 rings (SSSR count). The summed E-state index contributed by atoms with van der Waals surface area (Å²) in [6.45, 7) is 20.8. The molecule has 0 unspecified atom stereocenters. The first kappa shape index (κ1) is 32.1. The Morgan fingerprint density at radius 1 is 0.773 bits per heavy atom. The fourth-order valence-electron chi connectivity index (χ4n) is 4.44. The highest BCUT2D eigenvalue weighted by Crippen LogP contribution is 2.33. The van der Waals surface area contributed by atoms with Crippen LogP contribution in [0.25, 0.3) is 22.1 Å². The van der Waals surface area contributed by atoms with Gasteiger partial charge in [0.25, 0.3) is 0 Å². The fourth-order valence-corrected chi connectivity index (χ4v) is 4.44. The van der Waals surface area contributed by atoms with E-state index in [1.807, 2.05) is 77.9 Å². The van der Waals surface area contributed by atoms with Gasteiger partial charge in [0, 0.05) is 11.1 Å². The third-order valence-electron chi connectivity index (χ3n) is 6.35.